The van der Waals surface area contributed by atoms with Crippen LogP contribution in [0.25, 0.3) is 10.9 Å². The molecule has 0 fully saturated rings. The van der Waals surface area contributed by atoms with Crippen molar-refractivity contribution in [1.29, 1.82) is 0 Å². The van der Waals surface area contributed by atoms with Crippen molar-refractivity contribution >= 4 is 34.1 Å². The van der Waals surface area contributed by atoms with Crippen LogP contribution in [-0.2, 0) is 4.79 Å². The summed E-state index contributed by atoms with van der Waals surface area (Å²) >= 11 is 5.71. The van der Waals surface area contributed by atoms with Crippen LogP contribution in [0, 0.1) is 5.82 Å². The summed E-state index contributed by atoms with van der Waals surface area (Å²) in [6.07, 6.45) is 0.210. The zero-order valence-corrected chi connectivity index (χ0v) is 14.5. The third-order valence-electron chi connectivity index (χ3n) is 4.02. The molecular weight excluding hydrogens is 361 g/mol. The van der Waals surface area contributed by atoms with Gasteiger partial charge >= 0.3 is 5.69 Å². The van der Waals surface area contributed by atoms with E-state index in [9.17, 15) is 18.8 Å². The number of aromatic amines is 1. The van der Waals surface area contributed by atoms with Crippen LogP contribution in [-0.4, -0.2) is 15.5 Å². The first-order chi connectivity index (χ1) is 12.4. The molecule has 1 unspecified atom stereocenters. The van der Waals surface area contributed by atoms with Gasteiger partial charge in [0.05, 0.1) is 15.9 Å². The molecule has 1 aromatic heterocycles. The zero-order valence-electron chi connectivity index (χ0n) is 13.8. The van der Waals surface area contributed by atoms with E-state index in [4.69, 9.17) is 11.6 Å². The van der Waals surface area contributed by atoms with Crippen LogP contribution in [0.3, 0.4) is 0 Å². The molecule has 2 aromatic carbocycles. The van der Waals surface area contributed by atoms with Gasteiger partial charge in [0, 0.05) is 5.69 Å². The minimum atomic E-state index is -1.03. The maximum Gasteiger partial charge on any atom is 0.329 e. The highest BCUT2D eigenvalue weighted by molar-refractivity contribution is 6.31. The smallest absolute Gasteiger partial charge is 0.324 e. The standard InChI is InChI=1S/C18H15ClFN3O3/c1-2-15(16(24)21-10-7-8-13(20)12(19)9-10)23-17(25)11-5-3-4-6-14(11)22-18(23)26/h3-9,15H,2H2,1H3,(H,21,24)(H,22,26). The topological polar surface area (TPSA) is 84.0 Å². The van der Waals surface area contributed by atoms with Gasteiger partial charge in [0.1, 0.15) is 11.9 Å². The van der Waals surface area contributed by atoms with Crippen molar-refractivity contribution in [3.05, 3.63) is 74.1 Å². The zero-order chi connectivity index (χ0) is 18.8. The second kappa shape index (κ2) is 7.13. The number of carbonyl (C=O) groups excluding carboxylic acids is 1. The van der Waals surface area contributed by atoms with Gasteiger partial charge in [0.15, 0.2) is 0 Å². The Bertz CT molecular complexity index is 1110. The number of carbonyl (C=O) groups is 1. The number of anilines is 1. The number of nitrogens with one attached hydrogen (secondary N) is 2. The summed E-state index contributed by atoms with van der Waals surface area (Å²) in [6.45, 7) is 1.68. The molecule has 0 aliphatic carbocycles. The molecule has 6 nitrogen and oxygen atoms in total. The molecule has 134 valence electrons. The van der Waals surface area contributed by atoms with Crippen molar-refractivity contribution in [2.75, 3.05) is 5.32 Å². The van der Waals surface area contributed by atoms with E-state index >= 15 is 0 Å². The molecule has 1 heterocycles. The highest BCUT2D eigenvalue weighted by Crippen LogP contribution is 2.20. The fraction of sp³-hybridized carbons (Fsp3) is 0.167. The third kappa shape index (κ3) is 3.25. The highest BCUT2D eigenvalue weighted by atomic mass is 35.5. The lowest BCUT2D eigenvalue weighted by molar-refractivity contribution is -0.119. The molecule has 0 radical (unpaired) electrons. The molecule has 0 aliphatic rings. The van der Waals surface area contributed by atoms with E-state index in [0.29, 0.717) is 10.9 Å². The number of H-pyrrole nitrogens is 1. The van der Waals surface area contributed by atoms with E-state index in [0.717, 1.165) is 10.6 Å². The van der Waals surface area contributed by atoms with Gasteiger partial charge in [-0.3, -0.25) is 9.59 Å². The van der Waals surface area contributed by atoms with Crippen LogP contribution in [0.15, 0.2) is 52.1 Å². The average molecular weight is 376 g/mol. The minimum Gasteiger partial charge on any atom is -0.324 e. The monoisotopic (exact) mass is 375 g/mol. The quantitative estimate of drug-likeness (QED) is 0.735. The molecule has 3 rings (SSSR count). The van der Waals surface area contributed by atoms with Crippen molar-refractivity contribution in [3.8, 4) is 0 Å². The molecule has 8 heteroatoms. The lowest BCUT2D eigenvalue weighted by Crippen LogP contribution is -2.42. The fourth-order valence-corrected chi connectivity index (χ4v) is 2.92. The number of benzene rings is 2. The van der Waals surface area contributed by atoms with E-state index in [1.165, 1.54) is 12.1 Å². The summed E-state index contributed by atoms with van der Waals surface area (Å²) in [5, 5.41) is 2.73. The Morgan fingerprint density at radius 2 is 2.00 bits per heavy atom. The number of para-hydroxylation sites is 1. The number of halogens is 2. The number of amides is 1. The normalized spacial score (nSPS) is 12.1. The lowest BCUT2D eigenvalue weighted by Gasteiger charge is -2.17. The fourth-order valence-electron chi connectivity index (χ4n) is 2.74. The van der Waals surface area contributed by atoms with Gasteiger partial charge in [-0.15, -0.1) is 0 Å². The van der Waals surface area contributed by atoms with Gasteiger partial charge in [-0.1, -0.05) is 30.7 Å². The molecule has 26 heavy (non-hydrogen) atoms. The average Bonchev–Trinajstić information content (AvgIpc) is 2.61. The number of rotatable bonds is 4. The number of aromatic nitrogens is 2. The number of fused-ring (bicyclic) bond motifs is 1. The Balaban J connectivity index is 2.02. The maximum atomic E-state index is 13.2. The molecule has 2 N–H and O–H groups in total. The predicted octanol–water partition coefficient (Wildman–Crippen LogP) is 3.07. The summed E-state index contributed by atoms with van der Waals surface area (Å²) in [6, 6.07) is 9.26. The number of nitrogens with zero attached hydrogens (tertiary/aromatic N) is 1. The van der Waals surface area contributed by atoms with Crippen molar-refractivity contribution in [3.63, 3.8) is 0 Å². The van der Waals surface area contributed by atoms with Gasteiger partial charge in [-0.05, 0) is 36.8 Å². The Kier molecular flexibility index (Phi) is 4.90. The van der Waals surface area contributed by atoms with Crippen LogP contribution in [0.2, 0.25) is 5.02 Å². The van der Waals surface area contributed by atoms with E-state index in [1.54, 1.807) is 31.2 Å². The van der Waals surface area contributed by atoms with E-state index < -0.39 is 29.0 Å². The van der Waals surface area contributed by atoms with Crippen LogP contribution >= 0.6 is 11.6 Å². The number of hydrogen-bond acceptors (Lipinski definition) is 3. The van der Waals surface area contributed by atoms with Gasteiger partial charge in [0.25, 0.3) is 5.56 Å². The molecule has 1 atom stereocenters. The van der Waals surface area contributed by atoms with Crippen LogP contribution in [0.5, 0.6) is 0 Å². The summed E-state index contributed by atoms with van der Waals surface area (Å²) in [4.78, 5) is 40.3. The Morgan fingerprint density at radius 1 is 1.27 bits per heavy atom. The second-order valence-corrected chi connectivity index (χ2v) is 6.10. The largest absolute Gasteiger partial charge is 0.329 e. The van der Waals surface area contributed by atoms with Crippen LogP contribution in [0.4, 0.5) is 10.1 Å². The summed E-state index contributed by atoms with van der Waals surface area (Å²) in [7, 11) is 0. The van der Waals surface area contributed by atoms with Crippen LogP contribution < -0.4 is 16.6 Å². The van der Waals surface area contributed by atoms with Gasteiger partial charge in [0.2, 0.25) is 5.91 Å². The van der Waals surface area contributed by atoms with Crippen molar-refractivity contribution in [2.24, 2.45) is 0 Å². The van der Waals surface area contributed by atoms with E-state index in [1.807, 2.05) is 0 Å². The van der Waals surface area contributed by atoms with Gasteiger partial charge in [-0.2, -0.15) is 0 Å². The second-order valence-electron chi connectivity index (χ2n) is 5.69. The Hall–Kier alpha value is -2.93. The molecule has 0 saturated heterocycles. The summed E-state index contributed by atoms with van der Waals surface area (Å²) in [5.74, 6) is -1.18. The Morgan fingerprint density at radius 3 is 2.69 bits per heavy atom. The molecule has 0 saturated carbocycles. The Labute approximate surface area is 152 Å². The molecule has 1 amide bonds. The van der Waals surface area contributed by atoms with Gasteiger partial charge in [-0.25, -0.2) is 13.8 Å². The highest BCUT2D eigenvalue weighted by Gasteiger charge is 2.23. The number of hydrogen-bond donors (Lipinski definition) is 2. The molecule has 0 spiro atoms. The summed E-state index contributed by atoms with van der Waals surface area (Å²) < 4.78 is 14.1. The third-order valence-corrected chi connectivity index (χ3v) is 4.31. The van der Waals surface area contributed by atoms with Crippen molar-refractivity contribution < 1.29 is 9.18 Å². The molecule has 3 aromatic rings. The molecule has 0 bridgehead atoms. The lowest BCUT2D eigenvalue weighted by atomic mass is 10.1. The molecule has 0 aliphatic heterocycles. The van der Waals surface area contributed by atoms with Crippen molar-refractivity contribution in [2.45, 2.75) is 19.4 Å². The first-order valence-electron chi connectivity index (χ1n) is 7.92. The van der Waals surface area contributed by atoms with Crippen LogP contribution in [0.1, 0.15) is 19.4 Å². The predicted molar refractivity (Wildman–Crippen MR) is 98.2 cm³/mol. The van der Waals surface area contributed by atoms with E-state index in [-0.39, 0.29) is 17.1 Å². The first kappa shape index (κ1) is 17.9. The maximum absolute atomic E-state index is 13.2. The molecular formula is C18H15ClFN3O3. The van der Waals surface area contributed by atoms with Gasteiger partial charge < -0.3 is 10.3 Å². The summed E-state index contributed by atoms with van der Waals surface area (Å²) in [5.41, 5.74) is -0.555. The first-order valence-corrected chi connectivity index (χ1v) is 8.29. The van der Waals surface area contributed by atoms with E-state index in [2.05, 4.69) is 10.3 Å². The minimum absolute atomic E-state index is 0.142. The van der Waals surface area contributed by atoms with Crippen molar-refractivity contribution in [1.82, 2.24) is 9.55 Å². The SMILES string of the molecule is CCC(C(=O)Nc1ccc(F)c(Cl)c1)n1c(=O)[nH]c2ccccc2c1=O.